The van der Waals surface area contributed by atoms with Crippen LogP contribution >= 0.6 is 11.8 Å². The van der Waals surface area contributed by atoms with Crippen LogP contribution in [-0.2, 0) is 6.18 Å². The quantitative estimate of drug-likeness (QED) is 0.639. The van der Waals surface area contributed by atoms with E-state index in [0.29, 0.717) is 0 Å². The molecule has 0 radical (unpaired) electrons. The van der Waals surface area contributed by atoms with Crippen molar-refractivity contribution in [1.82, 2.24) is 10.2 Å². The average Bonchev–Trinajstić information content (AvgIpc) is 2.98. The Morgan fingerprint density at radius 3 is 2.65 bits per heavy atom. The van der Waals surface area contributed by atoms with Crippen LogP contribution in [0.5, 0.6) is 5.75 Å². The van der Waals surface area contributed by atoms with E-state index < -0.39 is 35.6 Å². The Labute approximate surface area is 151 Å². The Morgan fingerprint density at radius 2 is 1.96 bits per heavy atom. The number of thioether (sulfide) groups is 1. The van der Waals surface area contributed by atoms with Crippen LogP contribution in [0.2, 0.25) is 0 Å². The van der Waals surface area contributed by atoms with Gasteiger partial charge in [0.25, 0.3) is 0 Å². The summed E-state index contributed by atoms with van der Waals surface area (Å²) in [6, 6.07) is 5.99. The Bertz CT molecular complexity index is 783. The van der Waals surface area contributed by atoms with Gasteiger partial charge in [0, 0.05) is 17.0 Å². The third-order valence-electron chi connectivity index (χ3n) is 4.04. The Kier molecular flexibility index (Phi) is 5.20. The van der Waals surface area contributed by atoms with Gasteiger partial charge in [-0.3, -0.25) is 5.10 Å². The number of aromatic amines is 1. The highest BCUT2D eigenvalue weighted by Crippen LogP contribution is 2.38. The fourth-order valence-electron chi connectivity index (χ4n) is 2.73. The molecule has 6 nitrogen and oxygen atoms in total. The Morgan fingerprint density at radius 1 is 1.23 bits per heavy atom. The number of aromatic nitrogens is 2. The molecule has 2 heterocycles. The number of alkyl halides is 3. The van der Waals surface area contributed by atoms with E-state index in [0.717, 1.165) is 11.8 Å². The first-order chi connectivity index (χ1) is 12.2. The lowest BCUT2D eigenvalue weighted by Gasteiger charge is -2.34. The molecule has 1 aromatic carbocycles. The van der Waals surface area contributed by atoms with E-state index in [-0.39, 0.29) is 28.3 Å². The van der Waals surface area contributed by atoms with Gasteiger partial charge in [-0.2, -0.15) is 18.3 Å². The summed E-state index contributed by atoms with van der Waals surface area (Å²) in [5.41, 5.74) is -1.42. The highest BCUT2D eigenvalue weighted by molar-refractivity contribution is 7.99. The van der Waals surface area contributed by atoms with Crippen LogP contribution in [0.1, 0.15) is 11.4 Å². The lowest BCUT2D eigenvalue weighted by Crippen LogP contribution is -2.50. The molecular weight excluding hydrogens is 373 g/mol. The maximum absolute atomic E-state index is 13.1. The second kappa shape index (κ2) is 7.10. The molecule has 1 aliphatic heterocycles. The maximum atomic E-state index is 13.1. The van der Waals surface area contributed by atoms with Gasteiger partial charge < -0.3 is 20.1 Å². The molecule has 0 aliphatic carbocycles. The Balaban J connectivity index is 1.87. The van der Waals surface area contributed by atoms with E-state index in [1.807, 2.05) is 0 Å². The number of rotatable bonds is 3. The number of H-pyrrole nitrogens is 1. The first-order valence-electron chi connectivity index (χ1n) is 7.73. The lowest BCUT2D eigenvalue weighted by atomic mass is 10.0. The third-order valence-corrected chi connectivity index (χ3v) is 5.28. The summed E-state index contributed by atoms with van der Waals surface area (Å²) >= 11 is 1.11. The van der Waals surface area contributed by atoms with Crippen LogP contribution in [0.25, 0.3) is 11.1 Å². The summed E-state index contributed by atoms with van der Waals surface area (Å²) in [4.78, 5) is 0. The fraction of sp³-hybridized carbons (Fsp3) is 0.438. The predicted octanol–water partition coefficient (Wildman–Crippen LogP) is 1.94. The minimum Gasteiger partial charge on any atom is -0.477 e. The Hall–Kier alpha value is -1.75. The molecule has 0 saturated carbocycles. The van der Waals surface area contributed by atoms with Gasteiger partial charge in [-0.1, -0.05) is 12.1 Å². The molecule has 142 valence electrons. The van der Waals surface area contributed by atoms with Crippen molar-refractivity contribution in [2.24, 2.45) is 0 Å². The number of halogens is 3. The van der Waals surface area contributed by atoms with Gasteiger partial charge in [0.2, 0.25) is 0 Å². The minimum atomic E-state index is -4.60. The van der Waals surface area contributed by atoms with Crippen molar-refractivity contribution in [2.45, 2.75) is 36.8 Å². The number of nitrogens with one attached hydrogen (secondary N) is 1. The van der Waals surface area contributed by atoms with Crippen LogP contribution in [0.4, 0.5) is 13.2 Å². The van der Waals surface area contributed by atoms with Gasteiger partial charge in [0.1, 0.15) is 18.0 Å². The average molecular weight is 390 g/mol. The molecule has 1 aromatic heterocycles. The summed E-state index contributed by atoms with van der Waals surface area (Å²) in [7, 11) is 0. The molecule has 26 heavy (non-hydrogen) atoms. The minimum absolute atomic E-state index is 0.0738. The number of hydrogen-bond acceptors (Lipinski definition) is 6. The van der Waals surface area contributed by atoms with Gasteiger partial charge in [-0.25, -0.2) is 0 Å². The molecule has 0 unspecified atom stereocenters. The zero-order valence-electron chi connectivity index (χ0n) is 13.6. The summed E-state index contributed by atoms with van der Waals surface area (Å²) in [6.07, 6.45) is -8.35. The molecular formula is C16H17F3N2O4S. The molecule has 2 aromatic rings. The number of aliphatic hydroxyl groups excluding tert-OH is 3. The molecule has 1 saturated heterocycles. The molecule has 0 amide bonds. The largest absolute Gasteiger partial charge is 0.477 e. The highest BCUT2D eigenvalue weighted by atomic mass is 32.2. The molecule has 0 bridgehead atoms. The van der Waals surface area contributed by atoms with E-state index in [1.165, 1.54) is 31.2 Å². The van der Waals surface area contributed by atoms with Gasteiger partial charge >= 0.3 is 6.18 Å². The van der Waals surface area contributed by atoms with Crippen LogP contribution in [0.3, 0.4) is 0 Å². The number of benzene rings is 1. The fourth-order valence-corrected chi connectivity index (χ4v) is 3.85. The molecule has 1 fully saturated rings. The van der Waals surface area contributed by atoms with Gasteiger partial charge in [-0.15, -0.1) is 11.8 Å². The smallest absolute Gasteiger partial charge is 0.435 e. The number of hydrogen-bond donors (Lipinski definition) is 4. The monoisotopic (exact) mass is 390 g/mol. The molecule has 1 aliphatic rings. The molecule has 10 heteroatoms. The lowest BCUT2D eigenvalue weighted by molar-refractivity contribution is -0.140. The second-order valence-electron chi connectivity index (χ2n) is 5.97. The van der Waals surface area contributed by atoms with E-state index in [1.54, 1.807) is 0 Å². The van der Waals surface area contributed by atoms with E-state index in [4.69, 9.17) is 4.74 Å². The van der Waals surface area contributed by atoms with Gasteiger partial charge in [0.15, 0.2) is 11.1 Å². The van der Waals surface area contributed by atoms with Crippen molar-refractivity contribution in [2.75, 3.05) is 5.75 Å². The normalized spacial score (nSPS) is 26.7. The van der Waals surface area contributed by atoms with E-state index >= 15 is 0 Å². The number of ether oxygens (including phenoxy) is 1. The maximum Gasteiger partial charge on any atom is 0.435 e. The van der Waals surface area contributed by atoms with Crippen molar-refractivity contribution in [1.29, 1.82) is 0 Å². The standard InChI is InChI=1S/C16H17F3N2O4S/c1-7-11(14(21-20-7)16(17,18)19)8-3-2-4-9(5-8)25-15-13(24)12(23)10(22)6-26-15/h2-5,10,12-13,15,22-24H,6H2,1H3,(H,20,21)/t10-,12+,13-,15+/m1/s1. The number of aryl methyl sites for hydroxylation is 1. The highest BCUT2D eigenvalue weighted by Gasteiger charge is 2.39. The topological polar surface area (TPSA) is 98.6 Å². The summed E-state index contributed by atoms with van der Waals surface area (Å²) in [6.45, 7) is 1.49. The van der Waals surface area contributed by atoms with Crippen molar-refractivity contribution >= 4 is 11.8 Å². The van der Waals surface area contributed by atoms with Crippen molar-refractivity contribution in [3.63, 3.8) is 0 Å². The van der Waals surface area contributed by atoms with Crippen LogP contribution in [0, 0.1) is 6.92 Å². The third kappa shape index (κ3) is 3.68. The van der Waals surface area contributed by atoms with Crippen molar-refractivity contribution in [3.8, 4) is 16.9 Å². The zero-order valence-corrected chi connectivity index (χ0v) is 14.4. The zero-order chi connectivity index (χ0) is 19.1. The van der Waals surface area contributed by atoms with E-state index in [2.05, 4.69) is 10.2 Å². The molecule has 0 spiro atoms. The number of aliphatic hydroxyl groups is 3. The molecule has 3 rings (SSSR count). The summed E-state index contributed by atoms with van der Waals surface area (Å²) in [5, 5.41) is 35.0. The van der Waals surface area contributed by atoms with Gasteiger partial charge in [0.05, 0.1) is 6.10 Å². The SMILES string of the molecule is Cc1[nH]nc(C(F)(F)F)c1-c1cccc(O[C@H]2SC[C@@H](O)[C@H](O)[C@H]2O)c1. The van der Waals surface area contributed by atoms with Crippen LogP contribution in [-0.4, -0.2) is 55.0 Å². The molecule has 4 N–H and O–H groups in total. The van der Waals surface area contributed by atoms with E-state index in [9.17, 15) is 28.5 Å². The molecule has 4 atom stereocenters. The van der Waals surface area contributed by atoms with Crippen LogP contribution < -0.4 is 4.74 Å². The van der Waals surface area contributed by atoms with Crippen molar-refractivity contribution in [3.05, 3.63) is 35.7 Å². The summed E-state index contributed by atoms with van der Waals surface area (Å²) < 4.78 is 45.1. The summed E-state index contributed by atoms with van der Waals surface area (Å²) in [5.74, 6) is 0.401. The van der Waals surface area contributed by atoms with Gasteiger partial charge in [-0.05, 0) is 24.6 Å². The number of nitrogens with zero attached hydrogens (tertiary/aromatic N) is 1. The predicted molar refractivity (Wildman–Crippen MR) is 88.7 cm³/mol. The first kappa shape index (κ1) is 19.0. The second-order valence-corrected chi connectivity index (χ2v) is 7.10. The van der Waals surface area contributed by atoms with Crippen LogP contribution in [0.15, 0.2) is 24.3 Å². The first-order valence-corrected chi connectivity index (χ1v) is 8.78. The van der Waals surface area contributed by atoms with Crippen molar-refractivity contribution < 1.29 is 33.2 Å².